The maximum Gasteiger partial charge on any atom is 0.273 e. The number of rotatable bonds is 7. The van der Waals surface area contributed by atoms with Crippen LogP contribution >= 0.6 is 11.8 Å². The van der Waals surface area contributed by atoms with Gasteiger partial charge in [0.2, 0.25) is 0 Å². The van der Waals surface area contributed by atoms with Crippen LogP contribution < -0.4 is 5.32 Å². The maximum absolute atomic E-state index is 12.4. The third kappa shape index (κ3) is 4.35. The number of anilines is 1. The summed E-state index contributed by atoms with van der Waals surface area (Å²) in [4.78, 5) is 16.6. The summed E-state index contributed by atoms with van der Waals surface area (Å²) in [5.74, 6) is 1.87. The molecule has 118 valence electrons. The molecule has 6 heteroatoms. The summed E-state index contributed by atoms with van der Waals surface area (Å²) in [7, 11) is 0. The van der Waals surface area contributed by atoms with Crippen LogP contribution in [0.15, 0.2) is 36.7 Å². The number of hydrogen-bond acceptors (Lipinski definition) is 4. The van der Waals surface area contributed by atoms with E-state index in [9.17, 15) is 4.79 Å². The first kappa shape index (κ1) is 16.6. The minimum atomic E-state index is -0.161. The Morgan fingerprint density at radius 2 is 2.27 bits per heavy atom. The van der Waals surface area contributed by atoms with Crippen LogP contribution in [0.25, 0.3) is 0 Å². The van der Waals surface area contributed by atoms with E-state index in [1.165, 1.54) is 0 Å². The van der Waals surface area contributed by atoms with Crippen molar-refractivity contribution in [2.75, 3.05) is 17.7 Å². The number of nitrogens with zero attached hydrogens (tertiary/aromatic N) is 2. The molecule has 0 saturated carbocycles. The van der Waals surface area contributed by atoms with Crippen LogP contribution in [0.3, 0.4) is 0 Å². The Kier molecular flexibility index (Phi) is 6.03. The highest BCUT2D eigenvalue weighted by molar-refractivity contribution is 7.98. The summed E-state index contributed by atoms with van der Waals surface area (Å²) in [5, 5.41) is 11.6. The molecule has 1 amide bonds. The summed E-state index contributed by atoms with van der Waals surface area (Å²) < 4.78 is 1.93. The van der Waals surface area contributed by atoms with E-state index in [1.54, 1.807) is 24.0 Å². The number of carbonyl (C=O) groups excluding carboxylic acids is 1. The van der Waals surface area contributed by atoms with Gasteiger partial charge in [-0.2, -0.15) is 11.8 Å². The lowest BCUT2D eigenvalue weighted by Crippen LogP contribution is -2.18. The van der Waals surface area contributed by atoms with Crippen molar-refractivity contribution in [1.82, 2.24) is 9.55 Å². The molecule has 0 aromatic carbocycles. The normalized spacial score (nSPS) is 10.9. The van der Waals surface area contributed by atoms with Gasteiger partial charge in [-0.25, -0.2) is 4.98 Å². The molecule has 2 heterocycles. The van der Waals surface area contributed by atoms with Gasteiger partial charge in [-0.3, -0.25) is 4.79 Å². The van der Waals surface area contributed by atoms with Crippen molar-refractivity contribution in [2.45, 2.75) is 25.6 Å². The summed E-state index contributed by atoms with van der Waals surface area (Å²) >= 11 is 1.64. The molecule has 2 aromatic heterocycles. The van der Waals surface area contributed by atoms with Gasteiger partial charge in [0.1, 0.15) is 11.5 Å². The van der Waals surface area contributed by atoms with Crippen LogP contribution in [0.4, 0.5) is 5.82 Å². The second-order valence-electron chi connectivity index (χ2n) is 5.17. The average Bonchev–Trinajstić information content (AvgIpc) is 2.98. The quantitative estimate of drug-likeness (QED) is 0.770. The van der Waals surface area contributed by atoms with Gasteiger partial charge >= 0.3 is 0 Å². The number of pyridine rings is 1. The van der Waals surface area contributed by atoms with E-state index in [1.807, 2.05) is 42.8 Å². The number of carbonyl (C=O) groups is 1. The van der Waals surface area contributed by atoms with Crippen LogP contribution in [0.5, 0.6) is 0 Å². The monoisotopic (exact) mass is 319 g/mol. The molecule has 0 saturated heterocycles. The first-order valence-electron chi connectivity index (χ1n) is 7.23. The fraction of sp³-hybridized carbons (Fsp3) is 0.375. The highest BCUT2D eigenvalue weighted by atomic mass is 32.2. The third-order valence-corrected chi connectivity index (χ3v) is 4.15. The lowest BCUT2D eigenvalue weighted by molar-refractivity contribution is 0.101. The first-order valence-corrected chi connectivity index (χ1v) is 8.39. The Morgan fingerprint density at radius 1 is 1.45 bits per heavy atom. The molecule has 0 fully saturated rings. The van der Waals surface area contributed by atoms with Gasteiger partial charge in [-0.15, -0.1) is 0 Å². The van der Waals surface area contributed by atoms with Crippen molar-refractivity contribution in [3.63, 3.8) is 0 Å². The lowest BCUT2D eigenvalue weighted by atomic mass is 10.3. The molecule has 0 bridgehead atoms. The molecular weight excluding hydrogens is 298 g/mol. The Labute approximate surface area is 134 Å². The number of aliphatic hydroxyl groups excluding tert-OH is 1. The van der Waals surface area contributed by atoms with Crippen molar-refractivity contribution in [1.29, 1.82) is 0 Å². The predicted molar refractivity (Wildman–Crippen MR) is 90.3 cm³/mol. The lowest BCUT2D eigenvalue weighted by Gasteiger charge is -2.12. The Balaban J connectivity index is 2.05. The zero-order valence-corrected chi connectivity index (χ0v) is 13.6. The first-order chi connectivity index (χ1) is 10.6. The molecule has 5 nitrogen and oxygen atoms in total. The number of nitrogens with one attached hydrogen (secondary N) is 1. The van der Waals surface area contributed by atoms with E-state index in [0.29, 0.717) is 17.3 Å². The summed E-state index contributed by atoms with van der Waals surface area (Å²) in [6, 6.07) is 7.67. The summed E-state index contributed by atoms with van der Waals surface area (Å²) in [6.07, 6.45) is 3.58. The molecular formula is C16H21N3O2S. The van der Waals surface area contributed by atoms with Crippen molar-refractivity contribution in [2.24, 2.45) is 0 Å². The molecule has 0 unspecified atom stereocenters. The topological polar surface area (TPSA) is 67.2 Å². The smallest absolute Gasteiger partial charge is 0.273 e. The molecule has 0 aliphatic carbocycles. The van der Waals surface area contributed by atoms with Gasteiger partial charge in [0.15, 0.2) is 0 Å². The van der Waals surface area contributed by atoms with Gasteiger partial charge in [0.05, 0.1) is 6.61 Å². The van der Waals surface area contributed by atoms with Crippen LogP contribution in [0.2, 0.25) is 0 Å². The molecule has 2 aromatic rings. The van der Waals surface area contributed by atoms with Crippen molar-refractivity contribution in [3.8, 4) is 0 Å². The van der Waals surface area contributed by atoms with Crippen LogP contribution in [0, 0.1) is 0 Å². The Morgan fingerprint density at radius 3 is 3.00 bits per heavy atom. The molecule has 0 atom stereocenters. The largest absolute Gasteiger partial charge is 0.396 e. The van der Waals surface area contributed by atoms with Crippen molar-refractivity contribution in [3.05, 3.63) is 47.9 Å². The molecule has 0 aliphatic rings. The maximum atomic E-state index is 12.4. The molecule has 2 N–H and O–H groups in total. The average molecular weight is 319 g/mol. The number of hydrogen-bond donors (Lipinski definition) is 2. The highest BCUT2D eigenvalue weighted by Crippen LogP contribution is 2.16. The zero-order chi connectivity index (χ0) is 15.9. The van der Waals surface area contributed by atoms with Crippen molar-refractivity contribution >= 4 is 23.5 Å². The van der Waals surface area contributed by atoms with Gasteiger partial charge in [-0.1, -0.05) is 0 Å². The predicted octanol–water partition coefficient (Wildman–Crippen LogP) is 2.94. The van der Waals surface area contributed by atoms with Gasteiger partial charge in [0, 0.05) is 29.9 Å². The van der Waals surface area contributed by atoms with Crippen LogP contribution in [0.1, 0.15) is 35.9 Å². The molecule has 0 spiro atoms. The van der Waals surface area contributed by atoms with Crippen LogP contribution in [-0.4, -0.2) is 32.9 Å². The van der Waals surface area contributed by atoms with Gasteiger partial charge < -0.3 is 15.0 Å². The molecule has 22 heavy (non-hydrogen) atoms. The van der Waals surface area contributed by atoms with E-state index < -0.39 is 0 Å². The third-order valence-electron chi connectivity index (χ3n) is 3.14. The minimum absolute atomic E-state index is 0.161. The van der Waals surface area contributed by atoms with E-state index in [2.05, 4.69) is 10.3 Å². The number of aromatic nitrogens is 2. The number of aliphatic hydroxyl groups is 1. The Hall–Kier alpha value is -1.79. The van der Waals surface area contributed by atoms with Gasteiger partial charge in [0.25, 0.3) is 5.91 Å². The fourth-order valence-corrected chi connectivity index (χ4v) is 2.79. The van der Waals surface area contributed by atoms with Crippen LogP contribution in [-0.2, 0) is 5.75 Å². The Bertz CT molecular complexity index is 625. The molecule has 0 aliphatic heterocycles. The van der Waals surface area contributed by atoms with E-state index >= 15 is 0 Å². The number of thioether (sulfide) groups is 1. The summed E-state index contributed by atoms with van der Waals surface area (Å²) in [5.41, 5.74) is 1.69. The zero-order valence-electron chi connectivity index (χ0n) is 12.8. The SMILES string of the molecule is CC(C)n1cccc1C(=O)Nc1cc(CSCCO)ccn1. The fourth-order valence-electron chi connectivity index (χ4n) is 2.10. The minimum Gasteiger partial charge on any atom is -0.396 e. The van der Waals surface area contributed by atoms with Crippen molar-refractivity contribution < 1.29 is 9.90 Å². The second kappa shape index (κ2) is 8.00. The standard InChI is InChI=1S/C16H21N3O2S/c1-12(2)19-7-3-4-14(19)16(21)18-15-10-13(5-6-17-15)11-22-9-8-20/h3-7,10,12,20H,8-9,11H2,1-2H3,(H,17,18,21). The highest BCUT2D eigenvalue weighted by Gasteiger charge is 2.13. The number of amides is 1. The van der Waals surface area contributed by atoms with E-state index in [0.717, 1.165) is 11.3 Å². The second-order valence-corrected chi connectivity index (χ2v) is 6.28. The van der Waals surface area contributed by atoms with E-state index in [-0.39, 0.29) is 18.6 Å². The van der Waals surface area contributed by atoms with Gasteiger partial charge in [-0.05, 0) is 43.7 Å². The molecule has 0 radical (unpaired) electrons. The van der Waals surface area contributed by atoms with E-state index in [4.69, 9.17) is 5.11 Å². The summed E-state index contributed by atoms with van der Waals surface area (Å²) in [6.45, 7) is 4.24. The molecule has 2 rings (SSSR count).